The number of hydrogen-bond acceptors (Lipinski definition) is 3. The highest BCUT2D eigenvalue weighted by molar-refractivity contribution is 14.1. The molecule has 1 heterocycles. The summed E-state index contributed by atoms with van der Waals surface area (Å²) >= 11 is 2.15. The molecule has 0 saturated carbocycles. The number of amides is 1. The smallest absolute Gasteiger partial charge is 0.252 e. The molecular weight excluding hydrogens is 403 g/mol. The Bertz CT molecular complexity index is 610. The van der Waals surface area contributed by atoms with E-state index in [0.717, 1.165) is 16.4 Å². The molecule has 0 atom stereocenters. The van der Waals surface area contributed by atoms with Gasteiger partial charge < -0.3 is 5.32 Å². The van der Waals surface area contributed by atoms with Crippen LogP contribution in [0.1, 0.15) is 23.2 Å². The Balaban J connectivity index is 1.83. The van der Waals surface area contributed by atoms with Crippen molar-refractivity contribution >= 4 is 38.5 Å². The van der Waals surface area contributed by atoms with Crippen LogP contribution in [0.3, 0.4) is 0 Å². The van der Waals surface area contributed by atoms with Crippen molar-refractivity contribution in [2.75, 3.05) is 25.9 Å². The quantitative estimate of drug-likeness (QED) is 0.752. The highest BCUT2D eigenvalue weighted by atomic mass is 127. The van der Waals surface area contributed by atoms with E-state index in [4.69, 9.17) is 0 Å². The van der Waals surface area contributed by atoms with Crippen LogP contribution < -0.4 is 5.32 Å². The highest BCUT2D eigenvalue weighted by Crippen LogP contribution is 2.18. The molecular formula is C14H19IN2O3S. The summed E-state index contributed by atoms with van der Waals surface area (Å²) in [6, 6.07) is 7.46. The van der Waals surface area contributed by atoms with Crippen molar-refractivity contribution in [2.45, 2.75) is 12.8 Å². The minimum absolute atomic E-state index is 0.0643. The van der Waals surface area contributed by atoms with Gasteiger partial charge in [0.15, 0.2) is 0 Å². The Kier molecular flexibility index (Phi) is 5.61. The van der Waals surface area contributed by atoms with Gasteiger partial charge in [-0.25, -0.2) is 12.7 Å². The van der Waals surface area contributed by atoms with Gasteiger partial charge in [0.05, 0.1) is 11.8 Å². The summed E-state index contributed by atoms with van der Waals surface area (Å²) in [7, 11) is -3.08. The Labute approximate surface area is 139 Å². The van der Waals surface area contributed by atoms with E-state index >= 15 is 0 Å². The van der Waals surface area contributed by atoms with E-state index in [1.807, 2.05) is 24.3 Å². The molecule has 5 nitrogen and oxygen atoms in total. The molecule has 1 aliphatic heterocycles. The van der Waals surface area contributed by atoms with Crippen molar-refractivity contribution in [3.63, 3.8) is 0 Å². The summed E-state index contributed by atoms with van der Waals surface area (Å²) in [5, 5.41) is 2.95. The molecule has 0 unspecified atom stereocenters. The normalized spacial score (nSPS) is 17.6. The van der Waals surface area contributed by atoms with E-state index in [1.165, 1.54) is 10.6 Å². The van der Waals surface area contributed by atoms with E-state index in [9.17, 15) is 13.2 Å². The lowest BCUT2D eigenvalue weighted by molar-refractivity contribution is 0.0940. The van der Waals surface area contributed by atoms with Crippen LogP contribution in [0.5, 0.6) is 0 Å². The molecule has 2 rings (SSSR count). The van der Waals surface area contributed by atoms with Crippen LogP contribution in [-0.2, 0) is 10.0 Å². The molecule has 0 radical (unpaired) electrons. The van der Waals surface area contributed by atoms with Crippen molar-refractivity contribution in [3.8, 4) is 0 Å². The fourth-order valence-corrected chi connectivity index (χ4v) is 3.93. The molecule has 1 aliphatic rings. The minimum atomic E-state index is -3.08. The molecule has 0 spiro atoms. The molecule has 1 aromatic rings. The van der Waals surface area contributed by atoms with E-state index in [1.54, 1.807) is 0 Å². The van der Waals surface area contributed by atoms with Gasteiger partial charge in [0.2, 0.25) is 10.0 Å². The van der Waals surface area contributed by atoms with Crippen LogP contribution in [0, 0.1) is 9.49 Å². The molecule has 21 heavy (non-hydrogen) atoms. The number of carbonyl (C=O) groups is 1. The molecule has 0 aliphatic carbocycles. The topological polar surface area (TPSA) is 66.5 Å². The first-order chi connectivity index (χ1) is 9.88. The maximum absolute atomic E-state index is 12.1. The summed E-state index contributed by atoms with van der Waals surface area (Å²) in [6.07, 6.45) is 2.82. The number of halogens is 1. The predicted octanol–water partition coefficient (Wildman–Crippen LogP) is 1.69. The molecule has 0 bridgehead atoms. The highest BCUT2D eigenvalue weighted by Gasteiger charge is 2.25. The fraction of sp³-hybridized carbons (Fsp3) is 0.500. The van der Waals surface area contributed by atoms with Crippen molar-refractivity contribution in [2.24, 2.45) is 5.92 Å². The van der Waals surface area contributed by atoms with Crippen LogP contribution in [-0.4, -0.2) is 44.5 Å². The molecule has 1 saturated heterocycles. The molecule has 1 aromatic carbocycles. The van der Waals surface area contributed by atoms with E-state index in [2.05, 4.69) is 27.9 Å². The molecule has 7 heteroatoms. The lowest BCUT2D eigenvalue weighted by Crippen LogP contribution is -2.41. The number of rotatable bonds is 4. The summed E-state index contributed by atoms with van der Waals surface area (Å²) < 4.78 is 25.3. The lowest BCUT2D eigenvalue weighted by Gasteiger charge is -2.30. The summed E-state index contributed by atoms with van der Waals surface area (Å²) in [5.74, 6) is 0.277. The van der Waals surface area contributed by atoms with Gasteiger partial charge in [-0.1, -0.05) is 12.1 Å². The van der Waals surface area contributed by atoms with Crippen molar-refractivity contribution in [3.05, 3.63) is 33.4 Å². The zero-order valence-corrected chi connectivity index (χ0v) is 14.9. The standard InChI is InChI=1S/C14H19IN2O3S/c1-21(19,20)17-8-6-11(7-9-17)10-16-14(18)12-4-2-3-5-13(12)15/h2-5,11H,6-10H2,1H3,(H,16,18). The molecule has 116 valence electrons. The third kappa shape index (κ3) is 4.65. The zero-order valence-electron chi connectivity index (χ0n) is 11.9. The van der Waals surface area contributed by atoms with Crippen molar-refractivity contribution in [1.82, 2.24) is 9.62 Å². The average Bonchev–Trinajstić information content (AvgIpc) is 2.45. The van der Waals surface area contributed by atoms with Crippen molar-refractivity contribution in [1.29, 1.82) is 0 Å². The van der Waals surface area contributed by atoms with Gasteiger partial charge in [-0.3, -0.25) is 4.79 Å². The van der Waals surface area contributed by atoms with Gasteiger partial charge in [0.1, 0.15) is 0 Å². The summed E-state index contributed by atoms with van der Waals surface area (Å²) in [6.45, 7) is 1.69. The fourth-order valence-electron chi connectivity index (χ4n) is 2.42. The van der Waals surface area contributed by atoms with Crippen LogP contribution >= 0.6 is 22.6 Å². The number of carbonyl (C=O) groups excluding carboxylic acids is 1. The second-order valence-electron chi connectivity index (χ2n) is 5.30. The number of nitrogens with zero attached hydrogens (tertiary/aromatic N) is 1. The Morgan fingerprint density at radius 2 is 1.95 bits per heavy atom. The number of sulfonamides is 1. The van der Waals surface area contributed by atoms with E-state index in [0.29, 0.717) is 31.1 Å². The van der Waals surface area contributed by atoms with Gasteiger partial charge >= 0.3 is 0 Å². The van der Waals surface area contributed by atoms with Crippen LogP contribution in [0.15, 0.2) is 24.3 Å². The Hall–Kier alpha value is -0.670. The zero-order chi connectivity index (χ0) is 15.5. The lowest BCUT2D eigenvalue weighted by atomic mass is 9.98. The summed E-state index contributed by atoms with van der Waals surface area (Å²) in [5.41, 5.74) is 0.687. The first kappa shape index (κ1) is 16.7. The van der Waals surface area contributed by atoms with Crippen molar-refractivity contribution < 1.29 is 13.2 Å². The SMILES string of the molecule is CS(=O)(=O)N1CCC(CNC(=O)c2ccccc2I)CC1. The van der Waals surface area contributed by atoms with E-state index in [-0.39, 0.29) is 5.91 Å². The number of benzene rings is 1. The predicted molar refractivity (Wildman–Crippen MR) is 90.6 cm³/mol. The summed E-state index contributed by atoms with van der Waals surface area (Å²) in [4.78, 5) is 12.1. The number of nitrogens with one attached hydrogen (secondary N) is 1. The largest absolute Gasteiger partial charge is 0.352 e. The first-order valence-electron chi connectivity index (χ1n) is 6.86. The second-order valence-corrected chi connectivity index (χ2v) is 8.44. The van der Waals surface area contributed by atoms with Crippen LogP contribution in [0.25, 0.3) is 0 Å². The molecule has 1 amide bonds. The third-order valence-corrected chi connectivity index (χ3v) is 5.96. The number of hydrogen-bond donors (Lipinski definition) is 1. The molecule has 1 fully saturated rings. The van der Waals surface area contributed by atoms with Gasteiger partial charge in [0.25, 0.3) is 5.91 Å². The minimum Gasteiger partial charge on any atom is -0.352 e. The number of piperidine rings is 1. The maximum Gasteiger partial charge on any atom is 0.252 e. The van der Waals surface area contributed by atoms with E-state index < -0.39 is 10.0 Å². The first-order valence-corrected chi connectivity index (χ1v) is 9.78. The van der Waals surface area contributed by atoms with Gasteiger partial charge in [-0.15, -0.1) is 0 Å². The molecule has 0 aromatic heterocycles. The Morgan fingerprint density at radius 3 is 2.52 bits per heavy atom. The van der Waals surface area contributed by atoms with Gasteiger partial charge in [0, 0.05) is 23.2 Å². The monoisotopic (exact) mass is 422 g/mol. The van der Waals surface area contributed by atoms with Gasteiger partial charge in [-0.2, -0.15) is 0 Å². The van der Waals surface area contributed by atoms with Crippen LogP contribution in [0.2, 0.25) is 0 Å². The Morgan fingerprint density at radius 1 is 1.33 bits per heavy atom. The maximum atomic E-state index is 12.1. The van der Waals surface area contributed by atoms with Gasteiger partial charge in [-0.05, 0) is 53.5 Å². The molecule has 1 N–H and O–H groups in total. The second kappa shape index (κ2) is 7.06. The third-order valence-electron chi connectivity index (χ3n) is 3.71. The average molecular weight is 422 g/mol. The van der Waals surface area contributed by atoms with Crippen LogP contribution in [0.4, 0.5) is 0 Å².